The van der Waals surface area contributed by atoms with E-state index in [0.717, 1.165) is 5.82 Å². The first-order chi connectivity index (χ1) is 8.76. The Morgan fingerprint density at radius 3 is 3.11 bits per heavy atom. The smallest absolute Gasteiger partial charge is 0.244 e. The zero-order valence-electron chi connectivity index (χ0n) is 10.5. The van der Waals surface area contributed by atoms with Gasteiger partial charge in [0, 0.05) is 26.8 Å². The van der Waals surface area contributed by atoms with Gasteiger partial charge in [-0.2, -0.15) is 4.98 Å². The second kappa shape index (κ2) is 5.63. The van der Waals surface area contributed by atoms with Crippen molar-refractivity contribution in [1.82, 2.24) is 15.3 Å². The Labute approximate surface area is 106 Å². The fourth-order valence-electron chi connectivity index (χ4n) is 1.89. The quantitative estimate of drug-likeness (QED) is 0.752. The van der Waals surface area contributed by atoms with Crippen molar-refractivity contribution < 1.29 is 9.53 Å². The molecule has 1 aliphatic rings. The molecule has 1 saturated heterocycles. The lowest BCUT2D eigenvalue weighted by molar-refractivity contribution is -0.124. The molecule has 2 rings (SSSR count). The SMILES string of the molecule is CNC(=O)C1COCCN1c1ccnc(NC)n1. The third kappa shape index (κ3) is 2.51. The van der Waals surface area contributed by atoms with Crippen molar-refractivity contribution in [3.8, 4) is 0 Å². The normalized spacial score (nSPS) is 19.4. The number of carbonyl (C=O) groups is 1. The van der Waals surface area contributed by atoms with Gasteiger partial charge in [0.05, 0.1) is 13.2 Å². The molecule has 98 valence electrons. The van der Waals surface area contributed by atoms with Crippen LogP contribution in [-0.4, -0.2) is 55.8 Å². The average Bonchev–Trinajstić information content (AvgIpc) is 2.46. The number of amides is 1. The minimum atomic E-state index is -0.344. The maximum atomic E-state index is 11.8. The molecule has 2 N–H and O–H groups in total. The lowest BCUT2D eigenvalue weighted by Gasteiger charge is -2.35. The van der Waals surface area contributed by atoms with Gasteiger partial charge in [0.1, 0.15) is 11.9 Å². The summed E-state index contributed by atoms with van der Waals surface area (Å²) < 4.78 is 5.35. The number of nitrogens with zero attached hydrogens (tertiary/aromatic N) is 3. The fourth-order valence-corrected chi connectivity index (χ4v) is 1.89. The number of aromatic nitrogens is 2. The Kier molecular flexibility index (Phi) is 3.93. The summed E-state index contributed by atoms with van der Waals surface area (Å²) in [6.45, 7) is 1.60. The van der Waals surface area contributed by atoms with E-state index in [1.807, 2.05) is 4.90 Å². The number of hydrogen-bond acceptors (Lipinski definition) is 6. The second-order valence-corrected chi connectivity index (χ2v) is 3.89. The van der Waals surface area contributed by atoms with Crippen LogP contribution in [0.1, 0.15) is 0 Å². The average molecular weight is 251 g/mol. The van der Waals surface area contributed by atoms with Crippen LogP contribution in [-0.2, 0) is 9.53 Å². The highest BCUT2D eigenvalue weighted by atomic mass is 16.5. The molecule has 1 aromatic heterocycles. The predicted molar refractivity (Wildman–Crippen MR) is 67.6 cm³/mol. The van der Waals surface area contributed by atoms with Gasteiger partial charge < -0.3 is 20.3 Å². The first kappa shape index (κ1) is 12.6. The molecule has 7 heteroatoms. The van der Waals surface area contributed by atoms with Crippen molar-refractivity contribution in [3.05, 3.63) is 12.3 Å². The van der Waals surface area contributed by atoms with E-state index in [1.165, 1.54) is 0 Å². The second-order valence-electron chi connectivity index (χ2n) is 3.89. The Hall–Kier alpha value is -1.89. The van der Waals surface area contributed by atoms with Crippen molar-refractivity contribution >= 4 is 17.7 Å². The van der Waals surface area contributed by atoms with Gasteiger partial charge in [-0.05, 0) is 6.07 Å². The van der Waals surface area contributed by atoms with Crippen LogP contribution in [0.25, 0.3) is 0 Å². The summed E-state index contributed by atoms with van der Waals surface area (Å²) in [7, 11) is 3.38. The van der Waals surface area contributed by atoms with Crippen LogP contribution < -0.4 is 15.5 Å². The van der Waals surface area contributed by atoms with Crippen molar-refractivity contribution in [3.63, 3.8) is 0 Å². The maximum absolute atomic E-state index is 11.8. The number of anilines is 2. The Bertz CT molecular complexity index is 426. The molecule has 18 heavy (non-hydrogen) atoms. The molecule has 1 fully saturated rings. The van der Waals surface area contributed by atoms with Crippen molar-refractivity contribution in [2.75, 3.05) is 44.1 Å². The summed E-state index contributed by atoms with van der Waals surface area (Å²) in [4.78, 5) is 22.2. The van der Waals surface area contributed by atoms with Crippen LogP contribution in [0, 0.1) is 0 Å². The predicted octanol–water partition coefficient (Wildman–Crippen LogP) is -0.530. The van der Waals surface area contributed by atoms with E-state index in [1.54, 1.807) is 26.4 Å². The number of nitrogens with one attached hydrogen (secondary N) is 2. The van der Waals surface area contributed by atoms with Crippen LogP contribution >= 0.6 is 0 Å². The molecule has 0 aromatic carbocycles. The molecule has 1 unspecified atom stereocenters. The summed E-state index contributed by atoms with van der Waals surface area (Å²) in [5, 5.41) is 5.53. The Morgan fingerprint density at radius 1 is 1.56 bits per heavy atom. The van der Waals surface area contributed by atoms with E-state index in [4.69, 9.17) is 4.74 Å². The number of hydrogen-bond donors (Lipinski definition) is 2. The van der Waals surface area contributed by atoms with Crippen LogP contribution in [0.3, 0.4) is 0 Å². The summed E-state index contributed by atoms with van der Waals surface area (Å²) in [5.41, 5.74) is 0. The minimum Gasteiger partial charge on any atom is -0.377 e. The van der Waals surface area contributed by atoms with Gasteiger partial charge in [-0.1, -0.05) is 0 Å². The van der Waals surface area contributed by atoms with Crippen LogP contribution in [0.5, 0.6) is 0 Å². The molecule has 7 nitrogen and oxygen atoms in total. The fraction of sp³-hybridized carbons (Fsp3) is 0.545. The first-order valence-corrected chi connectivity index (χ1v) is 5.83. The van der Waals surface area contributed by atoms with E-state index in [0.29, 0.717) is 25.7 Å². The zero-order chi connectivity index (χ0) is 13.0. The summed E-state index contributed by atoms with van der Waals surface area (Å²) >= 11 is 0. The van der Waals surface area contributed by atoms with Gasteiger partial charge in [0.25, 0.3) is 0 Å². The zero-order valence-corrected chi connectivity index (χ0v) is 10.5. The summed E-state index contributed by atoms with van der Waals surface area (Å²) in [6, 6.07) is 1.45. The largest absolute Gasteiger partial charge is 0.377 e. The lowest BCUT2D eigenvalue weighted by atomic mass is 10.2. The standard InChI is InChI=1S/C11H17N5O2/c1-12-10(17)8-7-18-6-5-16(8)9-3-4-14-11(13-2)15-9/h3-4,8H,5-7H2,1-2H3,(H,12,17)(H,13,14,15). The molecule has 0 radical (unpaired) electrons. The topological polar surface area (TPSA) is 79.4 Å². The van der Waals surface area contributed by atoms with Crippen LogP contribution in [0.15, 0.2) is 12.3 Å². The van der Waals surface area contributed by atoms with Gasteiger partial charge in [0.2, 0.25) is 11.9 Å². The highest BCUT2D eigenvalue weighted by molar-refractivity contribution is 5.85. The van der Waals surface area contributed by atoms with Gasteiger partial charge >= 0.3 is 0 Å². The van der Waals surface area contributed by atoms with Gasteiger partial charge in [-0.3, -0.25) is 4.79 Å². The number of rotatable bonds is 3. The highest BCUT2D eigenvalue weighted by Crippen LogP contribution is 2.18. The molecule has 1 aromatic rings. The Balaban J connectivity index is 2.24. The number of morpholine rings is 1. The molecular weight excluding hydrogens is 234 g/mol. The molecule has 1 aliphatic heterocycles. The van der Waals surface area contributed by atoms with E-state index in [-0.39, 0.29) is 11.9 Å². The maximum Gasteiger partial charge on any atom is 0.244 e. The van der Waals surface area contributed by atoms with Gasteiger partial charge in [-0.15, -0.1) is 0 Å². The third-order valence-corrected chi connectivity index (χ3v) is 2.84. The molecule has 1 atom stereocenters. The van der Waals surface area contributed by atoms with Gasteiger partial charge in [-0.25, -0.2) is 4.98 Å². The minimum absolute atomic E-state index is 0.0701. The van der Waals surface area contributed by atoms with Crippen molar-refractivity contribution in [2.24, 2.45) is 0 Å². The van der Waals surface area contributed by atoms with E-state index in [2.05, 4.69) is 20.6 Å². The molecule has 0 aliphatic carbocycles. The first-order valence-electron chi connectivity index (χ1n) is 5.83. The van der Waals surface area contributed by atoms with E-state index < -0.39 is 0 Å². The number of ether oxygens (including phenoxy) is 1. The van der Waals surface area contributed by atoms with Crippen LogP contribution in [0.2, 0.25) is 0 Å². The monoisotopic (exact) mass is 251 g/mol. The van der Waals surface area contributed by atoms with Gasteiger partial charge in [0.15, 0.2) is 0 Å². The Morgan fingerprint density at radius 2 is 2.39 bits per heavy atom. The highest BCUT2D eigenvalue weighted by Gasteiger charge is 2.29. The summed E-state index contributed by atoms with van der Waals surface area (Å²) in [5.74, 6) is 1.19. The number of carbonyl (C=O) groups excluding carboxylic acids is 1. The van der Waals surface area contributed by atoms with E-state index in [9.17, 15) is 4.79 Å². The van der Waals surface area contributed by atoms with Crippen LogP contribution in [0.4, 0.5) is 11.8 Å². The summed E-state index contributed by atoms with van der Waals surface area (Å²) in [6.07, 6.45) is 1.67. The number of likely N-dealkylation sites (N-methyl/N-ethyl adjacent to an activating group) is 1. The molecule has 1 amide bonds. The molecule has 0 bridgehead atoms. The molecule has 2 heterocycles. The van der Waals surface area contributed by atoms with E-state index >= 15 is 0 Å². The molecule has 0 spiro atoms. The molecular formula is C11H17N5O2. The molecule has 0 saturated carbocycles. The van der Waals surface area contributed by atoms with Crippen molar-refractivity contribution in [2.45, 2.75) is 6.04 Å². The third-order valence-electron chi connectivity index (χ3n) is 2.84. The lowest BCUT2D eigenvalue weighted by Crippen LogP contribution is -2.53. The van der Waals surface area contributed by atoms with Crippen molar-refractivity contribution in [1.29, 1.82) is 0 Å².